The molecule has 1 N–H and O–H groups in total. The minimum atomic E-state index is -0.133. The van der Waals surface area contributed by atoms with Crippen LogP contribution < -0.4 is 5.32 Å². The molecular formula is C13H18FNS. The molecule has 3 heteroatoms. The Balaban J connectivity index is 2.00. The molecule has 1 aromatic rings. The largest absolute Gasteiger partial charge is 0.316 e. The van der Waals surface area contributed by atoms with Crippen LogP contribution in [0.5, 0.6) is 0 Å². The summed E-state index contributed by atoms with van der Waals surface area (Å²) in [4.78, 5) is 0. The molecule has 1 saturated heterocycles. The highest BCUT2D eigenvalue weighted by atomic mass is 32.2. The van der Waals surface area contributed by atoms with Crippen LogP contribution in [0, 0.1) is 5.82 Å². The summed E-state index contributed by atoms with van der Waals surface area (Å²) >= 11 is 2.04. The summed E-state index contributed by atoms with van der Waals surface area (Å²) in [5, 5.41) is 4.06. The van der Waals surface area contributed by atoms with Gasteiger partial charge in [0.15, 0.2) is 0 Å². The number of nitrogens with one attached hydrogen (secondary N) is 1. The van der Waals surface area contributed by atoms with Crippen molar-refractivity contribution >= 4 is 11.8 Å². The van der Waals surface area contributed by atoms with E-state index in [4.69, 9.17) is 0 Å². The highest BCUT2D eigenvalue weighted by Gasteiger charge is 2.24. The molecule has 1 heterocycles. The van der Waals surface area contributed by atoms with E-state index < -0.39 is 0 Å². The van der Waals surface area contributed by atoms with Gasteiger partial charge in [0.05, 0.1) is 0 Å². The number of thioether (sulfide) groups is 1. The molecule has 1 fully saturated rings. The van der Waals surface area contributed by atoms with Crippen molar-refractivity contribution in [3.05, 3.63) is 35.6 Å². The molecule has 16 heavy (non-hydrogen) atoms. The maximum absolute atomic E-state index is 13.1. The minimum absolute atomic E-state index is 0.133. The van der Waals surface area contributed by atoms with Crippen molar-refractivity contribution in [2.45, 2.75) is 30.6 Å². The van der Waals surface area contributed by atoms with E-state index in [2.05, 4.69) is 5.32 Å². The van der Waals surface area contributed by atoms with Gasteiger partial charge in [0, 0.05) is 11.3 Å². The summed E-state index contributed by atoms with van der Waals surface area (Å²) < 4.78 is 13.1. The van der Waals surface area contributed by atoms with E-state index in [0.29, 0.717) is 11.3 Å². The van der Waals surface area contributed by atoms with Crippen LogP contribution in [0.3, 0.4) is 0 Å². The highest BCUT2D eigenvalue weighted by Crippen LogP contribution is 2.30. The molecule has 0 radical (unpaired) electrons. The Bertz CT molecular complexity index is 336. The van der Waals surface area contributed by atoms with Crippen molar-refractivity contribution in [2.24, 2.45) is 0 Å². The SMILES string of the molecule is CNC(Cc1cccc(F)c1)C1CCCS1. The zero-order chi connectivity index (χ0) is 11.4. The van der Waals surface area contributed by atoms with Crippen LogP contribution in [0.15, 0.2) is 24.3 Å². The van der Waals surface area contributed by atoms with E-state index in [-0.39, 0.29) is 5.82 Å². The lowest BCUT2D eigenvalue weighted by Crippen LogP contribution is -2.36. The van der Waals surface area contributed by atoms with Gasteiger partial charge in [0.25, 0.3) is 0 Å². The molecule has 0 bridgehead atoms. The molecule has 0 spiro atoms. The van der Waals surface area contributed by atoms with Crippen molar-refractivity contribution in [3.63, 3.8) is 0 Å². The van der Waals surface area contributed by atoms with Crippen molar-refractivity contribution in [2.75, 3.05) is 12.8 Å². The monoisotopic (exact) mass is 239 g/mol. The number of benzene rings is 1. The molecule has 0 saturated carbocycles. The number of halogens is 1. The molecule has 2 unspecified atom stereocenters. The molecule has 1 aliphatic rings. The fourth-order valence-corrected chi connectivity index (χ4v) is 3.69. The van der Waals surface area contributed by atoms with Gasteiger partial charge in [-0.2, -0.15) is 11.8 Å². The quantitative estimate of drug-likeness (QED) is 0.867. The summed E-state index contributed by atoms with van der Waals surface area (Å²) in [5.41, 5.74) is 1.09. The zero-order valence-electron chi connectivity index (χ0n) is 9.58. The second kappa shape index (κ2) is 5.69. The number of rotatable bonds is 4. The summed E-state index contributed by atoms with van der Waals surface area (Å²) in [7, 11) is 2.00. The lowest BCUT2D eigenvalue weighted by Gasteiger charge is -2.22. The molecule has 1 nitrogen and oxygen atoms in total. The van der Waals surface area contributed by atoms with Crippen LogP contribution in [0.25, 0.3) is 0 Å². The summed E-state index contributed by atoms with van der Waals surface area (Å²) in [6.07, 6.45) is 3.52. The molecule has 0 aromatic heterocycles. The first-order valence-corrected chi connectivity index (χ1v) is 6.88. The van der Waals surface area contributed by atoms with Gasteiger partial charge in [0.1, 0.15) is 5.82 Å². The van der Waals surface area contributed by atoms with Gasteiger partial charge < -0.3 is 5.32 Å². The minimum Gasteiger partial charge on any atom is -0.316 e. The molecule has 2 rings (SSSR count). The highest BCUT2D eigenvalue weighted by molar-refractivity contribution is 8.00. The van der Waals surface area contributed by atoms with Crippen LogP contribution in [-0.4, -0.2) is 24.1 Å². The predicted octanol–water partition coefficient (Wildman–Crippen LogP) is 2.85. The molecular weight excluding hydrogens is 221 g/mol. The Morgan fingerprint density at radius 1 is 1.56 bits per heavy atom. The smallest absolute Gasteiger partial charge is 0.123 e. The van der Waals surface area contributed by atoms with Crippen molar-refractivity contribution in [3.8, 4) is 0 Å². The zero-order valence-corrected chi connectivity index (χ0v) is 10.4. The average molecular weight is 239 g/mol. The molecule has 1 aliphatic heterocycles. The maximum atomic E-state index is 13.1. The van der Waals surface area contributed by atoms with E-state index in [1.807, 2.05) is 24.9 Å². The van der Waals surface area contributed by atoms with Crippen LogP contribution in [-0.2, 0) is 6.42 Å². The summed E-state index contributed by atoms with van der Waals surface area (Å²) in [6.45, 7) is 0. The first-order valence-electron chi connectivity index (χ1n) is 5.83. The van der Waals surface area contributed by atoms with E-state index >= 15 is 0 Å². The second-order valence-electron chi connectivity index (χ2n) is 4.28. The van der Waals surface area contributed by atoms with Gasteiger partial charge in [-0.3, -0.25) is 0 Å². The van der Waals surface area contributed by atoms with Crippen LogP contribution >= 0.6 is 11.8 Å². The van der Waals surface area contributed by atoms with E-state index in [9.17, 15) is 4.39 Å². The Hall–Kier alpha value is -0.540. The normalized spacial score (nSPS) is 22.2. The van der Waals surface area contributed by atoms with Gasteiger partial charge in [-0.15, -0.1) is 0 Å². The number of hydrogen-bond donors (Lipinski definition) is 1. The number of hydrogen-bond acceptors (Lipinski definition) is 2. The van der Waals surface area contributed by atoms with Crippen LogP contribution in [0.4, 0.5) is 4.39 Å². The third-order valence-electron chi connectivity index (χ3n) is 3.13. The lowest BCUT2D eigenvalue weighted by molar-refractivity contribution is 0.522. The number of likely N-dealkylation sites (N-methyl/N-ethyl adjacent to an activating group) is 1. The molecule has 2 atom stereocenters. The van der Waals surface area contributed by atoms with E-state index in [0.717, 1.165) is 12.0 Å². The maximum Gasteiger partial charge on any atom is 0.123 e. The molecule has 0 amide bonds. The average Bonchev–Trinajstić information content (AvgIpc) is 2.79. The van der Waals surface area contributed by atoms with Gasteiger partial charge in [-0.25, -0.2) is 4.39 Å². The van der Waals surface area contributed by atoms with E-state index in [1.54, 1.807) is 12.1 Å². The Morgan fingerprint density at radius 2 is 2.44 bits per heavy atom. The van der Waals surface area contributed by atoms with E-state index in [1.165, 1.54) is 24.7 Å². The first kappa shape index (κ1) is 11.9. The summed E-state index contributed by atoms with van der Waals surface area (Å²) in [6, 6.07) is 7.41. The topological polar surface area (TPSA) is 12.0 Å². The predicted molar refractivity (Wildman–Crippen MR) is 68.4 cm³/mol. The van der Waals surface area contributed by atoms with Crippen molar-refractivity contribution < 1.29 is 4.39 Å². The van der Waals surface area contributed by atoms with Crippen LogP contribution in [0.2, 0.25) is 0 Å². The standard InChI is InChI=1S/C13H18FNS/c1-15-12(13-6-3-7-16-13)9-10-4-2-5-11(14)8-10/h2,4-5,8,12-13,15H,3,6-7,9H2,1H3. The Labute approximate surface area is 101 Å². The van der Waals surface area contributed by atoms with Gasteiger partial charge in [0.2, 0.25) is 0 Å². The molecule has 88 valence electrons. The van der Waals surface area contributed by atoms with Crippen molar-refractivity contribution in [1.29, 1.82) is 0 Å². The fourth-order valence-electron chi connectivity index (χ4n) is 2.26. The van der Waals surface area contributed by atoms with Crippen molar-refractivity contribution in [1.82, 2.24) is 5.32 Å². The third kappa shape index (κ3) is 2.98. The van der Waals surface area contributed by atoms with Gasteiger partial charge in [-0.1, -0.05) is 12.1 Å². The van der Waals surface area contributed by atoms with Gasteiger partial charge >= 0.3 is 0 Å². The van der Waals surface area contributed by atoms with Gasteiger partial charge in [-0.05, 0) is 49.8 Å². The van der Waals surface area contributed by atoms with Crippen LogP contribution in [0.1, 0.15) is 18.4 Å². The Morgan fingerprint density at radius 3 is 3.06 bits per heavy atom. The second-order valence-corrected chi connectivity index (χ2v) is 5.63. The lowest BCUT2D eigenvalue weighted by atomic mass is 10.0. The third-order valence-corrected chi connectivity index (χ3v) is 4.65. The Kier molecular flexibility index (Phi) is 4.24. The molecule has 0 aliphatic carbocycles. The molecule has 1 aromatic carbocycles. The fraction of sp³-hybridized carbons (Fsp3) is 0.538. The summed E-state index contributed by atoms with van der Waals surface area (Å²) in [5.74, 6) is 1.14. The first-order chi connectivity index (χ1) is 7.79.